The van der Waals surface area contributed by atoms with Crippen molar-refractivity contribution in [2.75, 3.05) is 6.54 Å². The third kappa shape index (κ3) is 4.50. The molecule has 0 spiro atoms. The summed E-state index contributed by atoms with van der Waals surface area (Å²) < 4.78 is 1.85. The van der Waals surface area contributed by atoms with Crippen molar-refractivity contribution in [3.05, 3.63) is 65.7 Å². The quantitative estimate of drug-likeness (QED) is 0.703. The minimum atomic E-state index is -0.0910. The lowest BCUT2D eigenvalue weighted by atomic mass is 10.1. The molecule has 0 aliphatic carbocycles. The fourth-order valence-corrected chi connectivity index (χ4v) is 2.63. The number of amides is 1. The Morgan fingerprint density at radius 2 is 1.92 bits per heavy atom. The average Bonchev–Trinajstić information content (AvgIpc) is 3.11. The Kier molecular flexibility index (Phi) is 5.18. The van der Waals surface area contributed by atoms with Crippen molar-refractivity contribution >= 4 is 5.91 Å². The summed E-state index contributed by atoms with van der Waals surface area (Å²) in [5, 5.41) is 7.08. The molecule has 3 rings (SSSR count). The molecule has 0 saturated heterocycles. The van der Waals surface area contributed by atoms with Gasteiger partial charge >= 0.3 is 0 Å². The third-order valence-electron chi connectivity index (χ3n) is 3.77. The highest BCUT2D eigenvalue weighted by molar-refractivity contribution is 5.95. The molecule has 2 heterocycles. The van der Waals surface area contributed by atoms with Crippen LogP contribution in [0, 0.1) is 13.8 Å². The molecule has 0 radical (unpaired) electrons. The van der Waals surface area contributed by atoms with E-state index >= 15 is 0 Å². The molecule has 0 atom stereocenters. The van der Waals surface area contributed by atoms with E-state index in [4.69, 9.17) is 0 Å². The molecule has 6 heteroatoms. The Balaban J connectivity index is 1.63. The van der Waals surface area contributed by atoms with Crippen LogP contribution in [0.2, 0.25) is 0 Å². The number of carbonyl (C=O) groups is 1. The van der Waals surface area contributed by atoms with Gasteiger partial charge in [0, 0.05) is 48.0 Å². The van der Waals surface area contributed by atoms with Crippen LogP contribution >= 0.6 is 0 Å². The van der Waals surface area contributed by atoms with Gasteiger partial charge in [0.2, 0.25) is 0 Å². The van der Waals surface area contributed by atoms with Gasteiger partial charge in [-0.05, 0) is 44.5 Å². The summed E-state index contributed by atoms with van der Waals surface area (Å²) >= 11 is 0. The number of hydrogen-bond acceptors (Lipinski definition) is 4. The lowest BCUT2D eigenvalue weighted by molar-refractivity contribution is 0.0952. The molecule has 0 bridgehead atoms. The number of nitrogens with one attached hydrogen (secondary N) is 1. The molecule has 0 fully saturated rings. The van der Waals surface area contributed by atoms with Crippen LogP contribution in [0.25, 0.3) is 11.4 Å². The van der Waals surface area contributed by atoms with Crippen molar-refractivity contribution in [1.29, 1.82) is 0 Å². The van der Waals surface area contributed by atoms with Crippen LogP contribution in [0.3, 0.4) is 0 Å². The van der Waals surface area contributed by atoms with Gasteiger partial charge in [0.15, 0.2) is 5.82 Å². The Hall–Kier alpha value is -3.02. The zero-order chi connectivity index (χ0) is 17.6. The highest BCUT2D eigenvalue weighted by atomic mass is 16.1. The fraction of sp³-hybridized carbons (Fsp3) is 0.263. The molecule has 0 saturated carbocycles. The molecule has 25 heavy (non-hydrogen) atoms. The van der Waals surface area contributed by atoms with Crippen molar-refractivity contribution in [3.63, 3.8) is 0 Å². The standard InChI is InChI=1S/C19H21N5O/c1-14-12-15(2)23-18(22-14)16-6-3-7-17(13-16)19(25)20-8-4-10-24-11-5-9-21-24/h3,5-7,9,11-13H,4,8,10H2,1-2H3,(H,20,25). The van der Waals surface area contributed by atoms with Crippen LogP contribution in [-0.4, -0.2) is 32.2 Å². The summed E-state index contributed by atoms with van der Waals surface area (Å²) in [6.07, 6.45) is 4.49. The van der Waals surface area contributed by atoms with E-state index < -0.39 is 0 Å². The number of aryl methyl sites for hydroxylation is 3. The first-order valence-electron chi connectivity index (χ1n) is 8.30. The zero-order valence-electron chi connectivity index (χ0n) is 14.4. The van der Waals surface area contributed by atoms with Crippen LogP contribution in [0.5, 0.6) is 0 Å². The molecule has 0 unspecified atom stereocenters. The second-order valence-electron chi connectivity index (χ2n) is 5.93. The van der Waals surface area contributed by atoms with E-state index in [1.165, 1.54) is 0 Å². The topological polar surface area (TPSA) is 72.7 Å². The van der Waals surface area contributed by atoms with Gasteiger partial charge < -0.3 is 5.32 Å². The minimum Gasteiger partial charge on any atom is -0.352 e. The fourth-order valence-electron chi connectivity index (χ4n) is 2.63. The Labute approximate surface area is 146 Å². The van der Waals surface area contributed by atoms with Crippen LogP contribution in [0.1, 0.15) is 28.2 Å². The van der Waals surface area contributed by atoms with E-state index in [1.807, 2.05) is 55.1 Å². The molecule has 1 N–H and O–H groups in total. The summed E-state index contributed by atoms with van der Waals surface area (Å²) in [7, 11) is 0. The largest absolute Gasteiger partial charge is 0.352 e. The number of aromatic nitrogens is 4. The lowest BCUT2D eigenvalue weighted by Gasteiger charge is -2.08. The van der Waals surface area contributed by atoms with E-state index in [0.717, 1.165) is 29.9 Å². The molecule has 0 aliphatic heterocycles. The number of hydrogen-bond donors (Lipinski definition) is 1. The summed E-state index contributed by atoms with van der Waals surface area (Å²) in [5.74, 6) is 0.553. The van der Waals surface area contributed by atoms with Crippen molar-refractivity contribution in [1.82, 2.24) is 25.1 Å². The predicted molar refractivity (Wildman–Crippen MR) is 96.1 cm³/mol. The van der Waals surface area contributed by atoms with Crippen molar-refractivity contribution in [2.45, 2.75) is 26.8 Å². The molecule has 3 aromatic rings. The molecule has 1 aromatic carbocycles. The lowest BCUT2D eigenvalue weighted by Crippen LogP contribution is -2.25. The van der Waals surface area contributed by atoms with Gasteiger partial charge in [-0.15, -0.1) is 0 Å². The van der Waals surface area contributed by atoms with E-state index in [1.54, 1.807) is 12.3 Å². The second-order valence-corrected chi connectivity index (χ2v) is 5.93. The molecule has 128 valence electrons. The molecule has 6 nitrogen and oxygen atoms in total. The summed E-state index contributed by atoms with van der Waals surface area (Å²) in [6, 6.07) is 11.2. The van der Waals surface area contributed by atoms with E-state index in [9.17, 15) is 4.79 Å². The van der Waals surface area contributed by atoms with Crippen LogP contribution < -0.4 is 5.32 Å². The van der Waals surface area contributed by atoms with E-state index in [0.29, 0.717) is 17.9 Å². The monoisotopic (exact) mass is 335 g/mol. The SMILES string of the molecule is Cc1cc(C)nc(-c2cccc(C(=O)NCCCn3cccn3)c2)n1. The van der Waals surface area contributed by atoms with Gasteiger partial charge in [0.05, 0.1) is 0 Å². The number of carbonyl (C=O) groups excluding carboxylic acids is 1. The maximum absolute atomic E-state index is 12.3. The summed E-state index contributed by atoms with van der Waals surface area (Å²) in [4.78, 5) is 21.3. The number of rotatable bonds is 6. The molecular formula is C19H21N5O. The van der Waals surface area contributed by atoms with E-state index in [-0.39, 0.29) is 5.91 Å². The summed E-state index contributed by atoms with van der Waals surface area (Å²) in [5.41, 5.74) is 3.28. The Morgan fingerprint density at radius 3 is 2.64 bits per heavy atom. The first-order valence-corrected chi connectivity index (χ1v) is 8.30. The smallest absolute Gasteiger partial charge is 0.251 e. The normalized spacial score (nSPS) is 10.6. The maximum Gasteiger partial charge on any atom is 0.251 e. The van der Waals surface area contributed by atoms with Crippen molar-refractivity contribution in [3.8, 4) is 11.4 Å². The first kappa shape index (κ1) is 16.8. The van der Waals surface area contributed by atoms with Crippen molar-refractivity contribution < 1.29 is 4.79 Å². The van der Waals surface area contributed by atoms with Gasteiger partial charge in [-0.2, -0.15) is 5.10 Å². The van der Waals surface area contributed by atoms with Gasteiger partial charge in [-0.1, -0.05) is 12.1 Å². The molecule has 0 aliphatic rings. The zero-order valence-corrected chi connectivity index (χ0v) is 14.4. The van der Waals surface area contributed by atoms with Gasteiger partial charge in [0.1, 0.15) is 0 Å². The van der Waals surface area contributed by atoms with Crippen LogP contribution in [0.15, 0.2) is 48.8 Å². The average molecular weight is 335 g/mol. The predicted octanol–water partition coefficient (Wildman–Crippen LogP) is 2.78. The highest BCUT2D eigenvalue weighted by Gasteiger charge is 2.09. The second kappa shape index (κ2) is 7.70. The Bertz CT molecular complexity index is 838. The summed E-state index contributed by atoms with van der Waals surface area (Å²) in [6.45, 7) is 5.26. The van der Waals surface area contributed by atoms with Crippen LogP contribution in [-0.2, 0) is 6.54 Å². The third-order valence-corrected chi connectivity index (χ3v) is 3.77. The number of nitrogens with zero attached hydrogens (tertiary/aromatic N) is 4. The minimum absolute atomic E-state index is 0.0910. The van der Waals surface area contributed by atoms with Gasteiger partial charge in [-0.3, -0.25) is 9.48 Å². The van der Waals surface area contributed by atoms with Gasteiger partial charge in [-0.25, -0.2) is 9.97 Å². The first-order chi connectivity index (χ1) is 12.1. The van der Waals surface area contributed by atoms with Crippen LogP contribution in [0.4, 0.5) is 0 Å². The maximum atomic E-state index is 12.3. The Morgan fingerprint density at radius 1 is 1.12 bits per heavy atom. The van der Waals surface area contributed by atoms with Crippen molar-refractivity contribution in [2.24, 2.45) is 0 Å². The number of benzene rings is 1. The van der Waals surface area contributed by atoms with E-state index in [2.05, 4.69) is 20.4 Å². The molecule has 2 aromatic heterocycles. The molecule has 1 amide bonds. The molecular weight excluding hydrogens is 314 g/mol. The highest BCUT2D eigenvalue weighted by Crippen LogP contribution is 2.17. The van der Waals surface area contributed by atoms with Gasteiger partial charge in [0.25, 0.3) is 5.91 Å².